The fourth-order valence-corrected chi connectivity index (χ4v) is 4.76. The van der Waals surface area contributed by atoms with Gasteiger partial charge in [0.1, 0.15) is 0 Å². The molecule has 4 rings (SSSR count). The van der Waals surface area contributed by atoms with E-state index < -0.39 is 0 Å². The standard InChI is InChI=1S/C25H31N3O2/c1-19(29)28-15-12-20-8-4-5-11-23(20)24(28)16-25(30)26-17-21-9-2-3-10-22(21)18-27-13-6-7-14-27/h2-5,8-11,24H,6-7,12-18H2,1H3,(H,26,30). The summed E-state index contributed by atoms with van der Waals surface area (Å²) in [6.07, 6.45) is 3.69. The van der Waals surface area contributed by atoms with Gasteiger partial charge in [0.25, 0.3) is 0 Å². The molecule has 2 aliphatic rings. The predicted octanol–water partition coefficient (Wildman–Crippen LogP) is 3.43. The second-order valence-electron chi connectivity index (χ2n) is 8.41. The number of nitrogens with one attached hydrogen (secondary N) is 1. The van der Waals surface area contributed by atoms with Crippen LogP contribution < -0.4 is 5.32 Å². The van der Waals surface area contributed by atoms with Crippen molar-refractivity contribution >= 4 is 11.8 Å². The van der Waals surface area contributed by atoms with Crippen LogP contribution in [0.1, 0.15) is 54.5 Å². The molecule has 0 aliphatic carbocycles. The molecular formula is C25H31N3O2. The molecule has 1 unspecified atom stereocenters. The van der Waals surface area contributed by atoms with Gasteiger partial charge in [-0.2, -0.15) is 0 Å². The number of benzene rings is 2. The zero-order valence-corrected chi connectivity index (χ0v) is 17.8. The number of carbonyl (C=O) groups excluding carboxylic acids is 2. The van der Waals surface area contributed by atoms with Gasteiger partial charge in [-0.25, -0.2) is 0 Å². The molecule has 2 aromatic rings. The Morgan fingerprint density at radius 1 is 0.967 bits per heavy atom. The summed E-state index contributed by atoms with van der Waals surface area (Å²) in [5.74, 6) is 0.0113. The number of likely N-dealkylation sites (tertiary alicyclic amines) is 1. The molecule has 2 amide bonds. The van der Waals surface area contributed by atoms with E-state index in [1.165, 1.54) is 29.5 Å². The van der Waals surface area contributed by atoms with Crippen molar-refractivity contribution in [1.82, 2.24) is 15.1 Å². The molecule has 2 aromatic carbocycles. The highest BCUT2D eigenvalue weighted by molar-refractivity contribution is 5.79. The maximum atomic E-state index is 12.9. The fourth-order valence-electron chi connectivity index (χ4n) is 4.76. The molecule has 30 heavy (non-hydrogen) atoms. The highest BCUT2D eigenvalue weighted by atomic mass is 16.2. The van der Waals surface area contributed by atoms with E-state index in [0.717, 1.165) is 31.6 Å². The quantitative estimate of drug-likeness (QED) is 0.801. The third-order valence-electron chi connectivity index (χ3n) is 6.38. The first-order valence-electron chi connectivity index (χ1n) is 11.0. The number of amides is 2. The highest BCUT2D eigenvalue weighted by Gasteiger charge is 2.30. The van der Waals surface area contributed by atoms with E-state index in [0.29, 0.717) is 19.5 Å². The molecule has 1 N–H and O–H groups in total. The summed E-state index contributed by atoms with van der Waals surface area (Å²) in [6, 6.07) is 16.3. The number of nitrogens with zero attached hydrogens (tertiary/aromatic N) is 2. The monoisotopic (exact) mass is 405 g/mol. The first kappa shape index (κ1) is 20.6. The summed E-state index contributed by atoms with van der Waals surface area (Å²) < 4.78 is 0. The average molecular weight is 406 g/mol. The molecule has 0 aromatic heterocycles. The number of rotatable bonds is 6. The first-order chi connectivity index (χ1) is 14.6. The van der Waals surface area contributed by atoms with Gasteiger partial charge in [-0.15, -0.1) is 0 Å². The smallest absolute Gasteiger partial charge is 0.222 e. The number of hydrogen-bond donors (Lipinski definition) is 1. The zero-order valence-electron chi connectivity index (χ0n) is 17.8. The molecule has 0 saturated carbocycles. The molecule has 2 aliphatic heterocycles. The number of carbonyl (C=O) groups is 2. The molecule has 1 atom stereocenters. The van der Waals surface area contributed by atoms with Crippen LogP contribution in [0.5, 0.6) is 0 Å². The lowest BCUT2D eigenvalue weighted by Crippen LogP contribution is -2.41. The van der Waals surface area contributed by atoms with Crippen LogP contribution in [0.4, 0.5) is 0 Å². The van der Waals surface area contributed by atoms with Crippen LogP contribution in [0.25, 0.3) is 0 Å². The van der Waals surface area contributed by atoms with Gasteiger partial charge >= 0.3 is 0 Å². The third-order valence-corrected chi connectivity index (χ3v) is 6.38. The minimum absolute atomic E-state index is 0.0149. The maximum absolute atomic E-state index is 12.9. The van der Waals surface area contributed by atoms with E-state index in [9.17, 15) is 9.59 Å². The summed E-state index contributed by atoms with van der Waals surface area (Å²) in [5.41, 5.74) is 4.80. The average Bonchev–Trinajstić information content (AvgIpc) is 3.26. The van der Waals surface area contributed by atoms with Crippen molar-refractivity contribution in [3.05, 3.63) is 70.8 Å². The molecule has 5 heteroatoms. The SMILES string of the molecule is CC(=O)N1CCc2ccccc2C1CC(=O)NCc1ccccc1CN1CCCC1. The van der Waals surface area contributed by atoms with E-state index in [1.807, 2.05) is 29.2 Å². The van der Waals surface area contributed by atoms with Crippen molar-refractivity contribution in [2.45, 2.75) is 51.7 Å². The normalized spacial score (nSPS) is 18.8. The Labute approximate surface area is 179 Å². The van der Waals surface area contributed by atoms with Gasteiger partial charge in [0, 0.05) is 26.6 Å². The Hall–Kier alpha value is -2.66. The van der Waals surface area contributed by atoms with E-state index in [1.54, 1.807) is 6.92 Å². The van der Waals surface area contributed by atoms with Crippen molar-refractivity contribution < 1.29 is 9.59 Å². The van der Waals surface area contributed by atoms with Crippen molar-refractivity contribution in [2.75, 3.05) is 19.6 Å². The predicted molar refractivity (Wildman–Crippen MR) is 118 cm³/mol. The minimum atomic E-state index is -0.188. The molecule has 0 spiro atoms. The highest BCUT2D eigenvalue weighted by Crippen LogP contribution is 2.32. The van der Waals surface area contributed by atoms with Gasteiger partial charge < -0.3 is 10.2 Å². The molecule has 158 valence electrons. The van der Waals surface area contributed by atoms with Gasteiger partial charge in [-0.3, -0.25) is 14.5 Å². The Bertz CT molecular complexity index is 905. The molecule has 1 saturated heterocycles. The molecule has 0 radical (unpaired) electrons. The Morgan fingerprint density at radius 3 is 2.43 bits per heavy atom. The first-order valence-corrected chi connectivity index (χ1v) is 11.0. The van der Waals surface area contributed by atoms with E-state index >= 15 is 0 Å². The Morgan fingerprint density at radius 2 is 1.67 bits per heavy atom. The summed E-state index contributed by atoms with van der Waals surface area (Å²) >= 11 is 0. The molecular weight excluding hydrogens is 374 g/mol. The Balaban J connectivity index is 1.42. The van der Waals surface area contributed by atoms with Gasteiger partial charge in [0.15, 0.2) is 0 Å². The molecule has 0 bridgehead atoms. The second-order valence-corrected chi connectivity index (χ2v) is 8.41. The van der Waals surface area contributed by atoms with Crippen LogP contribution in [0.2, 0.25) is 0 Å². The van der Waals surface area contributed by atoms with Crippen LogP contribution in [0, 0.1) is 0 Å². The van der Waals surface area contributed by atoms with Crippen LogP contribution in [-0.2, 0) is 29.1 Å². The minimum Gasteiger partial charge on any atom is -0.352 e. The van der Waals surface area contributed by atoms with E-state index in [-0.39, 0.29) is 17.9 Å². The van der Waals surface area contributed by atoms with E-state index in [4.69, 9.17) is 0 Å². The van der Waals surface area contributed by atoms with Crippen molar-refractivity contribution in [3.63, 3.8) is 0 Å². The molecule has 1 fully saturated rings. The maximum Gasteiger partial charge on any atom is 0.222 e. The van der Waals surface area contributed by atoms with Gasteiger partial charge in [-0.1, -0.05) is 48.5 Å². The van der Waals surface area contributed by atoms with Crippen molar-refractivity contribution in [3.8, 4) is 0 Å². The van der Waals surface area contributed by atoms with Crippen LogP contribution in [0.15, 0.2) is 48.5 Å². The summed E-state index contributed by atoms with van der Waals surface area (Å²) in [7, 11) is 0. The van der Waals surface area contributed by atoms with Crippen LogP contribution >= 0.6 is 0 Å². The lowest BCUT2D eigenvalue weighted by molar-refractivity contribution is -0.133. The van der Waals surface area contributed by atoms with Crippen LogP contribution in [0.3, 0.4) is 0 Å². The molecule has 2 heterocycles. The summed E-state index contributed by atoms with van der Waals surface area (Å²) in [6.45, 7) is 6.04. The van der Waals surface area contributed by atoms with E-state index in [2.05, 4.69) is 34.5 Å². The van der Waals surface area contributed by atoms with Gasteiger partial charge in [-0.05, 0) is 54.6 Å². The lowest BCUT2D eigenvalue weighted by Gasteiger charge is -2.36. The zero-order chi connectivity index (χ0) is 20.9. The van der Waals surface area contributed by atoms with Gasteiger partial charge in [0.2, 0.25) is 11.8 Å². The fraction of sp³-hybridized carbons (Fsp3) is 0.440. The third kappa shape index (κ3) is 4.73. The lowest BCUT2D eigenvalue weighted by atomic mass is 9.90. The summed E-state index contributed by atoms with van der Waals surface area (Å²) in [4.78, 5) is 29.4. The summed E-state index contributed by atoms with van der Waals surface area (Å²) in [5, 5.41) is 3.11. The number of hydrogen-bond acceptors (Lipinski definition) is 3. The molecule has 5 nitrogen and oxygen atoms in total. The van der Waals surface area contributed by atoms with Gasteiger partial charge in [0.05, 0.1) is 12.5 Å². The topological polar surface area (TPSA) is 52.7 Å². The van der Waals surface area contributed by atoms with Crippen molar-refractivity contribution in [2.24, 2.45) is 0 Å². The largest absolute Gasteiger partial charge is 0.352 e. The number of fused-ring (bicyclic) bond motifs is 1. The van der Waals surface area contributed by atoms with Crippen molar-refractivity contribution in [1.29, 1.82) is 0 Å². The Kier molecular flexibility index (Phi) is 6.48. The van der Waals surface area contributed by atoms with Crippen LogP contribution in [-0.4, -0.2) is 41.2 Å². The second kappa shape index (κ2) is 9.43.